The van der Waals surface area contributed by atoms with Gasteiger partial charge in [-0.2, -0.15) is 5.10 Å². The van der Waals surface area contributed by atoms with Crippen LogP contribution in [0, 0.1) is 5.92 Å². The first-order valence-electron chi connectivity index (χ1n) is 8.97. The number of benzene rings is 1. The molecule has 0 aliphatic carbocycles. The average molecular weight is 379 g/mol. The number of hydrogen-bond acceptors (Lipinski definition) is 4. The highest BCUT2D eigenvalue weighted by molar-refractivity contribution is 6.04. The van der Waals surface area contributed by atoms with Gasteiger partial charge in [0.15, 0.2) is 5.69 Å². The summed E-state index contributed by atoms with van der Waals surface area (Å²) in [5, 5.41) is 8.93. The minimum atomic E-state index is -0.130. The standard InChI is InChI=1S/C19H26N4O2.ClH/c1-13(2)12-23-18(24)16-7-5-4-6-15(16)17(21-23)19(25)22-10-8-14(20-3)9-11-22;/h4-7,13-14,20H,8-12H2,1-3H3;1H. The Balaban J connectivity index is 0.00000243. The molecule has 3 rings (SSSR count). The molecule has 0 unspecified atom stereocenters. The van der Waals surface area contributed by atoms with Gasteiger partial charge in [0.05, 0.1) is 5.39 Å². The third kappa shape index (κ3) is 4.07. The summed E-state index contributed by atoms with van der Waals surface area (Å²) in [5.41, 5.74) is 0.258. The number of nitrogens with one attached hydrogen (secondary N) is 1. The second-order valence-electron chi connectivity index (χ2n) is 7.13. The fourth-order valence-electron chi connectivity index (χ4n) is 3.38. The van der Waals surface area contributed by atoms with Gasteiger partial charge in [-0.05, 0) is 31.9 Å². The third-order valence-corrected chi connectivity index (χ3v) is 4.80. The Labute approximate surface area is 160 Å². The topological polar surface area (TPSA) is 67.2 Å². The van der Waals surface area contributed by atoms with Gasteiger partial charge < -0.3 is 10.2 Å². The zero-order valence-electron chi connectivity index (χ0n) is 15.6. The second-order valence-corrected chi connectivity index (χ2v) is 7.13. The van der Waals surface area contributed by atoms with Crippen LogP contribution in [0.3, 0.4) is 0 Å². The monoisotopic (exact) mass is 378 g/mol. The first kappa shape index (κ1) is 20.4. The molecule has 1 aliphatic rings. The number of fused-ring (bicyclic) bond motifs is 1. The molecule has 142 valence electrons. The van der Waals surface area contributed by atoms with Gasteiger partial charge >= 0.3 is 0 Å². The third-order valence-electron chi connectivity index (χ3n) is 4.80. The van der Waals surface area contributed by atoms with Crippen molar-refractivity contribution in [3.05, 3.63) is 40.3 Å². The summed E-state index contributed by atoms with van der Waals surface area (Å²) >= 11 is 0. The minimum absolute atomic E-state index is 0. The van der Waals surface area contributed by atoms with Crippen LogP contribution in [-0.2, 0) is 6.54 Å². The SMILES string of the molecule is CNC1CCN(C(=O)c2nn(CC(C)C)c(=O)c3ccccc23)CC1.Cl. The van der Waals surface area contributed by atoms with E-state index in [9.17, 15) is 9.59 Å². The number of carbonyl (C=O) groups is 1. The Morgan fingerprint density at radius 1 is 1.23 bits per heavy atom. The van der Waals surface area contributed by atoms with Gasteiger partial charge in [-0.1, -0.05) is 32.0 Å². The van der Waals surface area contributed by atoms with Crippen molar-refractivity contribution in [2.24, 2.45) is 5.92 Å². The smallest absolute Gasteiger partial charge is 0.274 e. The van der Waals surface area contributed by atoms with Crippen molar-refractivity contribution in [1.82, 2.24) is 20.0 Å². The van der Waals surface area contributed by atoms with Crippen LogP contribution < -0.4 is 10.9 Å². The second kappa shape index (κ2) is 8.64. The van der Waals surface area contributed by atoms with Crippen molar-refractivity contribution in [3.8, 4) is 0 Å². The molecule has 1 aromatic heterocycles. The summed E-state index contributed by atoms with van der Waals surface area (Å²) in [5.74, 6) is 0.198. The predicted octanol–water partition coefficient (Wildman–Crippen LogP) is 2.30. The fourth-order valence-corrected chi connectivity index (χ4v) is 3.38. The van der Waals surface area contributed by atoms with Crippen molar-refractivity contribution >= 4 is 29.1 Å². The van der Waals surface area contributed by atoms with Crippen LogP contribution in [0.4, 0.5) is 0 Å². The maximum absolute atomic E-state index is 13.1. The van der Waals surface area contributed by atoms with Gasteiger partial charge in [0, 0.05) is 31.1 Å². The van der Waals surface area contributed by atoms with Crippen LogP contribution >= 0.6 is 12.4 Å². The maximum atomic E-state index is 13.1. The van der Waals surface area contributed by atoms with Gasteiger partial charge in [0.2, 0.25) is 0 Å². The van der Waals surface area contributed by atoms with Crippen LogP contribution in [0.2, 0.25) is 0 Å². The van der Waals surface area contributed by atoms with Crippen LogP contribution in [0.1, 0.15) is 37.2 Å². The van der Waals surface area contributed by atoms with Gasteiger partial charge in [0.1, 0.15) is 0 Å². The van der Waals surface area contributed by atoms with Crippen molar-refractivity contribution in [3.63, 3.8) is 0 Å². The van der Waals surface area contributed by atoms with E-state index < -0.39 is 0 Å². The molecule has 2 aromatic rings. The van der Waals surface area contributed by atoms with E-state index in [-0.39, 0.29) is 29.8 Å². The van der Waals surface area contributed by atoms with E-state index in [1.807, 2.05) is 44.0 Å². The van der Waals surface area contributed by atoms with Gasteiger partial charge in [-0.15, -0.1) is 12.4 Å². The Morgan fingerprint density at radius 2 is 1.85 bits per heavy atom. The largest absolute Gasteiger partial charge is 0.337 e. The summed E-state index contributed by atoms with van der Waals surface area (Å²) in [4.78, 5) is 27.6. The molecular formula is C19H27ClN4O2. The molecule has 1 fully saturated rings. The fraction of sp³-hybridized carbons (Fsp3) is 0.526. The molecule has 0 bridgehead atoms. The Bertz CT molecular complexity index is 826. The number of carbonyl (C=O) groups excluding carboxylic acids is 1. The molecule has 26 heavy (non-hydrogen) atoms. The summed E-state index contributed by atoms with van der Waals surface area (Å²) < 4.78 is 1.45. The van der Waals surface area contributed by atoms with Crippen molar-refractivity contribution in [2.75, 3.05) is 20.1 Å². The van der Waals surface area contributed by atoms with E-state index in [2.05, 4.69) is 10.4 Å². The first-order chi connectivity index (χ1) is 12.0. The molecule has 0 spiro atoms. The minimum Gasteiger partial charge on any atom is -0.337 e. The summed E-state index contributed by atoms with van der Waals surface area (Å²) in [6.07, 6.45) is 1.87. The lowest BCUT2D eigenvalue weighted by Crippen LogP contribution is -2.44. The van der Waals surface area contributed by atoms with E-state index in [0.29, 0.717) is 42.1 Å². The lowest BCUT2D eigenvalue weighted by molar-refractivity contribution is 0.0700. The molecule has 0 saturated carbocycles. The summed E-state index contributed by atoms with van der Waals surface area (Å²) in [6.45, 7) is 6.00. The molecule has 1 N–H and O–H groups in total. The number of rotatable bonds is 4. The molecule has 1 aromatic carbocycles. The molecule has 0 atom stereocenters. The number of amides is 1. The Kier molecular flexibility index (Phi) is 6.78. The average Bonchev–Trinajstić information content (AvgIpc) is 2.63. The molecule has 1 amide bonds. The Hall–Kier alpha value is -1.92. The quantitative estimate of drug-likeness (QED) is 0.886. The van der Waals surface area contributed by atoms with Crippen LogP contribution in [0.25, 0.3) is 10.8 Å². The van der Waals surface area contributed by atoms with E-state index in [1.54, 1.807) is 6.07 Å². The van der Waals surface area contributed by atoms with Crippen LogP contribution in [0.5, 0.6) is 0 Å². The summed E-state index contributed by atoms with van der Waals surface area (Å²) in [6, 6.07) is 7.73. The van der Waals surface area contributed by atoms with Crippen LogP contribution in [-0.4, -0.2) is 46.8 Å². The lowest BCUT2D eigenvalue weighted by atomic mass is 10.0. The molecule has 1 saturated heterocycles. The van der Waals surface area contributed by atoms with Crippen molar-refractivity contribution in [2.45, 2.75) is 39.3 Å². The van der Waals surface area contributed by atoms with Crippen molar-refractivity contribution in [1.29, 1.82) is 0 Å². The molecule has 1 aliphatic heterocycles. The van der Waals surface area contributed by atoms with Gasteiger partial charge in [-0.3, -0.25) is 9.59 Å². The number of halogens is 1. The van der Waals surface area contributed by atoms with E-state index >= 15 is 0 Å². The number of piperidine rings is 1. The maximum Gasteiger partial charge on any atom is 0.274 e. The van der Waals surface area contributed by atoms with Crippen LogP contribution in [0.15, 0.2) is 29.1 Å². The van der Waals surface area contributed by atoms with Crippen molar-refractivity contribution < 1.29 is 4.79 Å². The highest BCUT2D eigenvalue weighted by atomic mass is 35.5. The number of likely N-dealkylation sites (tertiary alicyclic amines) is 1. The van der Waals surface area contributed by atoms with E-state index in [4.69, 9.17) is 0 Å². The highest BCUT2D eigenvalue weighted by Gasteiger charge is 2.26. The predicted molar refractivity (Wildman–Crippen MR) is 106 cm³/mol. The molecule has 0 radical (unpaired) electrons. The Morgan fingerprint density at radius 3 is 2.42 bits per heavy atom. The van der Waals surface area contributed by atoms with E-state index in [0.717, 1.165) is 12.8 Å². The number of hydrogen-bond donors (Lipinski definition) is 1. The number of nitrogens with zero attached hydrogens (tertiary/aromatic N) is 3. The van der Waals surface area contributed by atoms with Gasteiger partial charge in [-0.25, -0.2) is 4.68 Å². The van der Waals surface area contributed by atoms with Gasteiger partial charge in [0.25, 0.3) is 11.5 Å². The number of aromatic nitrogens is 2. The van der Waals surface area contributed by atoms with E-state index in [1.165, 1.54) is 4.68 Å². The molecule has 2 heterocycles. The lowest BCUT2D eigenvalue weighted by Gasteiger charge is -2.31. The molecule has 6 nitrogen and oxygen atoms in total. The molecule has 7 heteroatoms. The highest BCUT2D eigenvalue weighted by Crippen LogP contribution is 2.18. The zero-order valence-corrected chi connectivity index (χ0v) is 16.4. The normalized spacial score (nSPS) is 15.3. The molecular weight excluding hydrogens is 352 g/mol. The summed E-state index contributed by atoms with van der Waals surface area (Å²) in [7, 11) is 1.96. The first-order valence-corrected chi connectivity index (χ1v) is 8.97. The zero-order chi connectivity index (χ0) is 18.0.